The van der Waals surface area contributed by atoms with Crippen molar-refractivity contribution in [3.63, 3.8) is 0 Å². The van der Waals surface area contributed by atoms with Crippen molar-refractivity contribution in [3.8, 4) is 5.75 Å². The number of rotatable bonds is 3. The van der Waals surface area contributed by atoms with E-state index in [9.17, 15) is 13.6 Å². The van der Waals surface area contributed by atoms with Crippen molar-refractivity contribution in [1.82, 2.24) is 24.8 Å². The molecule has 34 heavy (non-hydrogen) atoms. The number of amides is 1. The number of alkyl halides is 1. The summed E-state index contributed by atoms with van der Waals surface area (Å²) in [6, 6.07) is 3.74. The number of nitrogens with zero attached hydrogens (tertiary/aromatic N) is 4. The highest BCUT2D eigenvalue weighted by Crippen LogP contribution is 2.35. The highest BCUT2D eigenvalue weighted by Gasteiger charge is 2.42. The number of benzene rings is 1. The Morgan fingerprint density at radius 1 is 1.24 bits per heavy atom. The summed E-state index contributed by atoms with van der Waals surface area (Å²) >= 11 is 6.32. The van der Waals surface area contributed by atoms with Crippen LogP contribution in [0.1, 0.15) is 52.3 Å². The van der Waals surface area contributed by atoms with Gasteiger partial charge in [0.2, 0.25) is 0 Å². The van der Waals surface area contributed by atoms with Crippen LogP contribution in [0, 0.1) is 19.7 Å². The Labute approximate surface area is 200 Å². The molecule has 0 aliphatic carbocycles. The molecule has 3 unspecified atom stereocenters. The molecule has 0 radical (unpaired) electrons. The number of halogens is 3. The number of hydrogen-bond acceptors (Lipinski definition) is 5. The third kappa shape index (κ3) is 3.44. The standard InChI is InChI=1S/C24H24ClF2N5O2/c1-11-22(25)12(2)32-23(28-11)17-9-31(10-20(17)30-32)24(33)16-4-3-13(26)5-21(16)34-15-6-14-7-18(27)19(8-15)29-14/h3-5,14-15,18-19,29H,6-10H2,1-2H3/t14?,15-,18?,19?/m0/s1. The third-order valence-electron chi connectivity index (χ3n) is 7.17. The minimum absolute atomic E-state index is 0.0457. The molecule has 10 heteroatoms. The Kier molecular flexibility index (Phi) is 5.04. The molecule has 2 aromatic heterocycles. The molecular formula is C24H24ClF2N5O2. The first-order chi connectivity index (χ1) is 16.3. The van der Waals surface area contributed by atoms with Crippen molar-refractivity contribution in [1.29, 1.82) is 0 Å². The fourth-order valence-corrected chi connectivity index (χ4v) is 5.58. The van der Waals surface area contributed by atoms with Crippen molar-refractivity contribution < 1.29 is 18.3 Å². The van der Waals surface area contributed by atoms with Crippen LogP contribution in [0.25, 0.3) is 5.65 Å². The Morgan fingerprint density at radius 3 is 2.85 bits per heavy atom. The topological polar surface area (TPSA) is 71.8 Å². The van der Waals surface area contributed by atoms with E-state index in [4.69, 9.17) is 16.3 Å². The molecule has 5 heterocycles. The van der Waals surface area contributed by atoms with Crippen molar-refractivity contribution in [2.45, 2.75) is 70.6 Å². The van der Waals surface area contributed by atoms with Crippen molar-refractivity contribution in [3.05, 3.63) is 57.2 Å². The molecule has 2 bridgehead atoms. The summed E-state index contributed by atoms with van der Waals surface area (Å²) in [6.45, 7) is 4.37. The predicted octanol–water partition coefficient (Wildman–Crippen LogP) is 3.90. The molecule has 2 fully saturated rings. The van der Waals surface area contributed by atoms with Crippen molar-refractivity contribution in [2.75, 3.05) is 0 Å². The molecule has 178 valence electrons. The number of fused-ring (bicyclic) bond motifs is 5. The fourth-order valence-electron chi connectivity index (χ4n) is 5.46. The summed E-state index contributed by atoms with van der Waals surface area (Å²) in [6.07, 6.45) is 0.406. The van der Waals surface area contributed by atoms with Gasteiger partial charge < -0.3 is 15.0 Å². The van der Waals surface area contributed by atoms with Gasteiger partial charge in [0, 0.05) is 30.1 Å². The minimum Gasteiger partial charge on any atom is -0.489 e. The molecule has 3 aliphatic heterocycles. The largest absolute Gasteiger partial charge is 0.489 e. The van der Waals surface area contributed by atoms with E-state index in [0.29, 0.717) is 48.7 Å². The zero-order valence-corrected chi connectivity index (χ0v) is 19.6. The lowest BCUT2D eigenvalue weighted by Gasteiger charge is -2.30. The number of piperidine rings is 1. The minimum atomic E-state index is -0.898. The van der Waals surface area contributed by atoms with Gasteiger partial charge in [0.05, 0.1) is 40.8 Å². The maximum Gasteiger partial charge on any atom is 0.258 e. The van der Waals surface area contributed by atoms with Gasteiger partial charge in [0.15, 0.2) is 5.65 Å². The lowest BCUT2D eigenvalue weighted by Crippen LogP contribution is -2.44. The van der Waals surface area contributed by atoms with E-state index in [-0.39, 0.29) is 35.4 Å². The van der Waals surface area contributed by atoms with Crippen LogP contribution in [0.2, 0.25) is 5.02 Å². The second-order valence-corrected chi connectivity index (χ2v) is 9.87. The average Bonchev–Trinajstić information content (AvgIpc) is 3.43. The Morgan fingerprint density at radius 2 is 2.06 bits per heavy atom. The molecule has 3 aliphatic rings. The smallest absolute Gasteiger partial charge is 0.258 e. The van der Waals surface area contributed by atoms with E-state index in [1.807, 2.05) is 13.8 Å². The van der Waals surface area contributed by atoms with Gasteiger partial charge >= 0.3 is 0 Å². The zero-order chi connectivity index (χ0) is 23.7. The number of ether oxygens (including phenoxy) is 1. The van der Waals surface area contributed by atoms with E-state index < -0.39 is 12.0 Å². The highest BCUT2D eigenvalue weighted by atomic mass is 35.5. The summed E-state index contributed by atoms with van der Waals surface area (Å²) < 4.78 is 36.0. The maximum absolute atomic E-state index is 14.1. The quantitative estimate of drug-likeness (QED) is 0.606. The molecule has 0 spiro atoms. The highest BCUT2D eigenvalue weighted by molar-refractivity contribution is 6.31. The first kappa shape index (κ1) is 21.7. The number of carbonyl (C=O) groups excluding carboxylic acids is 1. The summed E-state index contributed by atoms with van der Waals surface area (Å²) in [5.74, 6) is -0.558. The molecule has 1 amide bonds. The van der Waals surface area contributed by atoms with Crippen LogP contribution in [0.15, 0.2) is 18.2 Å². The predicted molar refractivity (Wildman–Crippen MR) is 121 cm³/mol. The van der Waals surface area contributed by atoms with E-state index >= 15 is 0 Å². The van der Waals surface area contributed by atoms with Crippen molar-refractivity contribution >= 4 is 23.2 Å². The van der Waals surface area contributed by atoms with Gasteiger partial charge in [-0.15, -0.1) is 0 Å². The second kappa shape index (κ2) is 7.88. The SMILES string of the molecule is Cc1nc2c3c(nn2c(C)c1Cl)CN(C(=O)c1ccc(F)cc1O[C@H]1CC2CC(F)C(C1)N2)C3. The summed E-state index contributed by atoms with van der Waals surface area (Å²) in [7, 11) is 0. The van der Waals surface area contributed by atoms with E-state index in [1.165, 1.54) is 18.2 Å². The van der Waals surface area contributed by atoms with Gasteiger partial charge in [-0.2, -0.15) is 5.10 Å². The van der Waals surface area contributed by atoms with Crippen LogP contribution in [-0.4, -0.2) is 49.8 Å². The molecule has 6 rings (SSSR count). The monoisotopic (exact) mass is 487 g/mol. The van der Waals surface area contributed by atoms with Gasteiger partial charge in [-0.1, -0.05) is 11.6 Å². The first-order valence-corrected chi connectivity index (χ1v) is 11.8. The van der Waals surface area contributed by atoms with E-state index in [2.05, 4.69) is 15.4 Å². The molecule has 1 aromatic carbocycles. The molecule has 2 saturated heterocycles. The number of aryl methyl sites for hydroxylation is 2. The van der Waals surface area contributed by atoms with Crippen LogP contribution in [0.3, 0.4) is 0 Å². The van der Waals surface area contributed by atoms with Gasteiger partial charge in [-0.25, -0.2) is 18.3 Å². The fraction of sp³-hybridized carbons (Fsp3) is 0.458. The lowest BCUT2D eigenvalue weighted by atomic mass is 10.0. The van der Waals surface area contributed by atoms with E-state index in [0.717, 1.165) is 17.0 Å². The van der Waals surface area contributed by atoms with Crippen LogP contribution < -0.4 is 10.1 Å². The van der Waals surface area contributed by atoms with Gasteiger partial charge in [-0.3, -0.25) is 4.79 Å². The summed E-state index contributed by atoms with van der Waals surface area (Å²) in [5.41, 5.74) is 4.13. The number of carbonyl (C=O) groups is 1. The zero-order valence-electron chi connectivity index (χ0n) is 18.8. The summed E-state index contributed by atoms with van der Waals surface area (Å²) in [5, 5.41) is 8.45. The summed E-state index contributed by atoms with van der Waals surface area (Å²) in [4.78, 5) is 19.7. The number of hydrogen-bond donors (Lipinski definition) is 1. The molecule has 1 N–H and O–H groups in total. The van der Waals surface area contributed by atoms with Crippen LogP contribution in [0.5, 0.6) is 5.75 Å². The molecule has 7 nitrogen and oxygen atoms in total. The maximum atomic E-state index is 14.1. The van der Waals surface area contributed by atoms with E-state index in [1.54, 1.807) is 9.42 Å². The normalized spacial score (nSPS) is 25.7. The van der Waals surface area contributed by atoms with Gasteiger partial charge in [0.1, 0.15) is 23.8 Å². The van der Waals surface area contributed by atoms with Crippen LogP contribution in [0.4, 0.5) is 8.78 Å². The molecule has 3 aromatic rings. The lowest BCUT2D eigenvalue weighted by molar-refractivity contribution is 0.0735. The van der Waals surface area contributed by atoms with Gasteiger partial charge in [0.25, 0.3) is 5.91 Å². The van der Waals surface area contributed by atoms with Crippen LogP contribution in [-0.2, 0) is 13.1 Å². The Hall–Kier alpha value is -2.78. The average molecular weight is 488 g/mol. The van der Waals surface area contributed by atoms with Gasteiger partial charge in [-0.05, 0) is 38.8 Å². The number of nitrogens with one attached hydrogen (secondary N) is 1. The third-order valence-corrected chi connectivity index (χ3v) is 7.72. The number of aromatic nitrogens is 3. The van der Waals surface area contributed by atoms with Crippen molar-refractivity contribution in [2.24, 2.45) is 0 Å². The van der Waals surface area contributed by atoms with Crippen LogP contribution >= 0.6 is 11.6 Å². The molecule has 4 atom stereocenters. The Bertz CT molecular complexity index is 1330. The molecular weight excluding hydrogens is 464 g/mol. The first-order valence-electron chi connectivity index (χ1n) is 11.5. The molecule has 0 saturated carbocycles. The second-order valence-electron chi connectivity index (χ2n) is 9.49. The Balaban J connectivity index is 1.26.